The van der Waals surface area contributed by atoms with Crippen molar-refractivity contribution in [1.82, 2.24) is 9.80 Å². The molecule has 2 aliphatic heterocycles. The summed E-state index contributed by atoms with van der Waals surface area (Å²) in [5.74, 6) is 2.64. The van der Waals surface area contributed by atoms with Crippen molar-refractivity contribution in [3.63, 3.8) is 0 Å². The minimum atomic E-state index is -0.780. The van der Waals surface area contributed by atoms with Crippen molar-refractivity contribution < 1.29 is 19.3 Å². The minimum Gasteiger partial charge on any atom is -0.339 e. The molecule has 2 spiro atoms. The Hall–Kier alpha value is -0.730. The molecular formula is C25H41N3O4. The second-order valence-corrected chi connectivity index (χ2v) is 12.5. The smallest absolute Gasteiger partial charge is 0.242 e. The van der Waals surface area contributed by atoms with Gasteiger partial charge in [-0.25, -0.2) is 0 Å². The van der Waals surface area contributed by atoms with E-state index in [0.29, 0.717) is 17.8 Å². The van der Waals surface area contributed by atoms with E-state index in [1.54, 1.807) is 13.8 Å². The number of hydrogen-bond donors (Lipinski definition) is 1. The molecule has 4 bridgehead atoms. The van der Waals surface area contributed by atoms with Crippen LogP contribution in [0.2, 0.25) is 0 Å². The number of carbonyl (C=O) groups excluding carboxylic acids is 1. The van der Waals surface area contributed by atoms with E-state index in [9.17, 15) is 4.79 Å². The Labute approximate surface area is 192 Å². The quantitative estimate of drug-likeness (QED) is 0.671. The lowest BCUT2D eigenvalue weighted by Crippen LogP contribution is -2.59. The number of amides is 1. The van der Waals surface area contributed by atoms with Crippen molar-refractivity contribution in [2.45, 2.75) is 88.7 Å². The van der Waals surface area contributed by atoms with Crippen molar-refractivity contribution in [2.24, 2.45) is 35.3 Å². The normalized spacial score (nSPS) is 46.5. The summed E-state index contributed by atoms with van der Waals surface area (Å²) in [4.78, 5) is 29.1. The van der Waals surface area contributed by atoms with Crippen LogP contribution in [-0.2, 0) is 19.3 Å². The van der Waals surface area contributed by atoms with Crippen molar-refractivity contribution >= 4 is 5.91 Å². The Morgan fingerprint density at radius 2 is 1.53 bits per heavy atom. The largest absolute Gasteiger partial charge is 0.339 e. The molecule has 5 saturated carbocycles. The monoisotopic (exact) mass is 447 g/mol. The highest BCUT2D eigenvalue weighted by molar-refractivity contribution is 5.85. The van der Waals surface area contributed by atoms with E-state index in [0.717, 1.165) is 70.2 Å². The first-order chi connectivity index (χ1) is 15.2. The highest BCUT2D eigenvalue weighted by Crippen LogP contribution is 2.63. The molecule has 7 nitrogen and oxygen atoms in total. The standard InChI is InChI=1S/C25H41N3O4/c1-23(2,26)22(29)28-9-7-27(8-10-28)16-17-3-5-24(6-4-17)30-25(32-31-24)20-12-18-11-19(14-20)15-21(25)13-18/h17-21H,3-16,26H2,1-2H3. The third-order valence-corrected chi connectivity index (χ3v) is 9.54. The van der Waals surface area contributed by atoms with Gasteiger partial charge in [-0.05, 0) is 76.5 Å². The van der Waals surface area contributed by atoms with Crippen molar-refractivity contribution in [3.05, 3.63) is 0 Å². The predicted molar refractivity (Wildman–Crippen MR) is 119 cm³/mol. The molecule has 0 atom stereocenters. The Bertz CT molecular complexity index is 706. The van der Waals surface area contributed by atoms with Gasteiger partial charge in [0.2, 0.25) is 17.5 Å². The van der Waals surface area contributed by atoms with Crippen LogP contribution in [-0.4, -0.2) is 65.5 Å². The molecule has 7 fully saturated rings. The van der Waals surface area contributed by atoms with Gasteiger partial charge in [-0.3, -0.25) is 9.69 Å². The highest BCUT2D eigenvalue weighted by atomic mass is 17.3. The first kappa shape index (κ1) is 21.8. The van der Waals surface area contributed by atoms with Gasteiger partial charge in [0.15, 0.2) is 0 Å². The summed E-state index contributed by atoms with van der Waals surface area (Å²) in [5, 5.41) is 0. The molecule has 7 heteroatoms. The molecule has 0 aromatic heterocycles. The van der Waals surface area contributed by atoms with E-state index in [1.165, 1.54) is 32.1 Å². The van der Waals surface area contributed by atoms with Crippen LogP contribution >= 0.6 is 0 Å². The van der Waals surface area contributed by atoms with Gasteiger partial charge in [0, 0.05) is 57.4 Å². The third-order valence-electron chi connectivity index (χ3n) is 9.54. The highest BCUT2D eigenvalue weighted by Gasteiger charge is 2.66. The Kier molecular flexibility index (Phi) is 5.20. The first-order valence-corrected chi connectivity index (χ1v) is 13.1. The second kappa shape index (κ2) is 7.64. The average molecular weight is 448 g/mol. The maximum Gasteiger partial charge on any atom is 0.242 e. The molecule has 2 N–H and O–H groups in total. The fraction of sp³-hybridized carbons (Fsp3) is 0.960. The third kappa shape index (κ3) is 3.63. The predicted octanol–water partition coefficient (Wildman–Crippen LogP) is 2.89. The number of carbonyl (C=O) groups is 1. The average Bonchev–Trinajstić information content (AvgIpc) is 3.13. The fourth-order valence-corrected chi connectivity index (χ4v) is 8.00. The van der Waals surface area contributed by atoms with Gasteiger partial charge in [-0.15, -0.1) is 0 Å². The number of hydrogen-bond acceptors (Lipinski definition) is 6. The lowest BCUT2D eigenvalue weighted by Gasteiger charge is -2.57. The molecule has 0 radical (unpaired) electrons. The lowest BCUT2D eigenvalue weighted by atomic mass is 9.53. The van der Waals surface area contributed by atoms with Crippen molar-refractivity contribution in [3.8, 4) is 0 Å². The zero-order valence-corrected chi connectivity index (χ0v) is 19.9. The SMILES string of the molecule is CC(C)(N)C(=O)N1CCN(CC2CCC3(CC2)OOC2(O3)C3CC4CC(C3)CC2C4)CC1. The molecule has 5 aliphatic carbocycles. The Morgan fingerprint density at radius 1 is 0.938 bits per heavy atom. The van der Waals surface area contributed by atoms with E-state index < -0.39 is 17.1 Å². The summed E-state index contributed by atoms with van der Waals surface area (Å²) >= 11 is 0. The summed E-state index contributed by atoms with van der Waals surface area (Å²) in [6.07, 6.45) is 10.6. The van der Waals surface area contributed by atoms with E-state index in [2.05, 4.69) is 4.90 Å². The van der Waals surface area contributed by atoms with Crippen LogP contribution in [0.4, 0.5) is 0 Å². The van der Waals surface area contributed by atoms with Gasteiger partial charge in [-0.2, -0.15) is 9.78 Å². The first-order valence-electron chi connectivity index (χ1n) is 13.1. The van der Waals surface area contributed by atoms with Crippen molar-refractivity contribution in [1.29, 1.82) is 0 Å². The van der Waals surface area contributed by atoms with Crippen LogP contribution in [0.15, 0.2) is 0 Å². The number of nitrogens with zero attached hydrogens (tertiary/aromatic N) is 2. The van der Waals surface area contributed by atoms with Crippen LogP contribution in [0, 0.1) is 29.6 Å². The van der Waals surface area contributed by atoms with Gasteiger partial charge < -0.3 is 15.4 Å². The molecule has 180 valence electrons. The maximum atomic E-state index is 12.4. The summed E-state index contributed by atoms with van der Waals surface area (Å²) in [6.45, 7) is 8.13. The second-order valence-electron chi connectivity index (χ2n) is 12.5. The van der Waals surface area contributed by atoms with Gasteiger partial charge >= 0.3 is 0 Å². The molecule has 2 saturated heterocycles. The zero-order chi connectivity index (χ0) is 22.1. The molecule has 7 rings (SSSR count). The molecule has 0 unspecified atom stereocenters. The maximum absolute atomic E-state index is 12.4. The van der Waals surface area contributed by atoms with Gasteiger partial charge in [0.25, 0.3) is 0 Å². The topological polar surface area (TPSA) is 77.3 Å². The Balaban J connectivity index is 1.00. The molecule has 7 aliphatic rings. The van der Waals surface area contributed by atoms with Crippen molar-refractivity contribution in [2.75, 3.05) is 32.7 Å². The number of rotatable bonds is 3. The van der Waals surface area contributed by atoms with Crippen LogP contribution in [0.25, 0.3) is 0 Å². The van der Waals surface area contributed by atoms with E-state index >= 15 is 0 Å². The molecule has 2 heterocycles. The molecular weight excluding hydrogens is 406 g/mol. The van der Waals surface area contributed by atoms with E-state index in [4.69, 9.17) is 20.2 Å². The Morgan fingerprint density at radius 3 is 2.09 bits per heavy atom. The number of piperazine rings is 1. The van der Waals surface area contributed by atoms with E-state index in [1.807, 2.05) is 4.90 Å². The van der Waals surface area contributed by atoms with E-state index in [-0.39, 0.29) is 5.91 Å². The molecule has 1 amide bonds. The molecule has 0 aromatic carbocycles. The van der Waals surface area contributed by atoms with Crippen LogP contribution in [0.1, 0.15) is 71.6 Å². The summed E-state index contributed by atoms with van der Waals surface area (Å²) < 4.78 is 6.85. The van der Waals surface area contributed by atoms with Gasteiger partial charge in [0.05, 0.1) is 5.54 Å². The van der Waals surface area contributed by atoms with Crippen LogP contribution < -0.4 is 5.73 Å². The minimum absolute atomic E-state index is 0.0611. The summed E-state index contributed by atoms with van der Waals surface area (Å²) in [5.41, 5.74) is 5.22. The van der Waals surface area contributed by atoms with Crippen LogP contribution in [0.3, 0.4) is 0 Å². The summed E-state index contributed by atoms with van der Waals surface area (Å²) in [6, 6.07) is 0. The number of ether oxygens (including phenoxy) is 1. The lowest BCUT2D eigenvalue weighted by molar-refractivity contribution is -0.390. The fourth-order valence-electron chi connectivity index (χ4n) is 8.00. The zero-order valence-electron chi connectivity index (χ0n) is 19.9. The molecule has 32 heavy (non-hydrogen) atoms. The van der Waals surface area contributed by atoms with Gasteiger partial charge in [-0.1, -0.05) is 0 Å². The number of nitrogens with two attached hydrogens (primary N) is 1. The van der Waals surface area contributed by atoms with Crippen LogP contribution in [0.5, 0.6) is 0 Å². The summed E-state index contributed by atoms with van der Waals surface area (Å²) in [7, 11) is 0. The van der Waals surface area contributed by atoms with Gasteiger partial charge in [0.1, 0.15) is 0 Å². The molecule has 0 aromatic rings.